The van der Waals surface area contributed by atoms with Crippen LogP contribution in [0.2, 0.25) is 0 Å². The van der Waals surface area contributed by atoms with Crippen LogP contribution in [0, 0.1) is 5.92 Å². The second-order valence-corrected chi connectivity index (χ2v) is 4.34. The normalized spacial score (nSPS) is 25.3. The van der Waals surface area contributed by atoms with Crippen molar-refractivity contribution < 1.29 is 4.79 Å². The highest BCUT2D eigenvalue weighted by Crippen LogP contribution is 2.29. The average molecular weight is 171 g/mol. The second-order valence-electron chi connectivity index (χ2n) is 3.27. The van der Waals surface area contributed by atoms with E-state index in [1.165, 1.54) is 6.42 Å². The topological polar surface area (TPSA) is 20.3 Å². The molecule has 0 radical (unpaired) electrons. The molecule has 2 fully saturated rings. The molecule has 1 aliphatic carbocycles. The number of rotatable bonds is 1. The van der Waals surface area contributed by atoms with Crippen molar-refractivity contribution in [2.45, 2.75) is 19.3 Å². The van der Waals surface area contributed by atoms with Gasteiger partial charge in [-0.25, -0.2) is 0 Å². The number of hydrogen-bond donors (Lipinski definition) is 0. The maximum atomic E-state index is 11.5. The summed E-state index contributed by atoms with van der Waals surface area (Å²) in [5.74, 6) is 2.89. The van der Waals surface area contributed by atoms with E-state index in [1.807, 2.05) is 16.7 Å². The highest BCUT2D eigenvalue weighted by molar-refractivity contribution is 7.99. The minimum absolute atomic E-state index is 0.397. The summed E-state index contributed by atoms with van der Waals surface area (Å²) in [5, 5.41) is 0. The van der Waals surface area contributed by atoms with Crippen LogP contribution in [0.1, 0.15) is 19.3 Å². The average Bonchev–Trinajstić information content (AvgIpc) is 2.32. The molecule has 0 N–H and O–H groups in total. The molecule has 3 heteroatoms. The van der Waals surface area contributed by atoms with Crippen LogP contribution in [0.3, 0.4) is 0 Å². The highest BCUT2D eigenvalue weighted by Gasteiger charge is 2.30. The van der Waals surface area contributed by atoms with E-state index in [0.29, 0.717) is 11.8 Å². The van der Waals surface area contributed by atoms with Crippen LogP contribution in [0.5, 0.6) is 0 Å². The number of amides is 1. The van der Waals surface area contributed by atoms with Gasteiger partial charge in [-0.1, -0.05) is 6.42 Å². The van der Waals surface area contributed by atoms with Crippen LogP contribution in [-0.4, -0.2) is 29.0 Å². The number of nitrogens with zero attached hydrogens (tertiary/aromatic N) is 1. The molecule has 1 saturated heterocycles. The van der Waals surface area contributed by atoms with Crippen molar-refractivity contribution in [3.05, 3.63) is 0 Å². The van der Waals surface area contributed by atoms with E-state index in [0.717, 1.165) is 31.0 Å². The zero-order chi connectivity index (χ0) is 7.68. The standard InChI is InChI=1S/C8H13NOS/c10-8(7-2-1-3-7)9-4-5-11-6-9/h7H,1-6H2. The van der Waals surface area contributed by atoms with Gasteiger partial charge in [-0.3, -0.25) is 4.79 Å². The van der Waals surface area contributed by atoms with E-state index in [2.05, 4.69) is 0 Å². The number of thioether (sulfide) groups is 1. The van der Waals surface area contributed by atoms with E-state index in [1.54, 1.807) is 0 Å². The Balaban J connectivity index is 1.87. The number of carbonyl (C=O) groups excluding carboxylic acids is 1. The van der Waals surface area contributed by atoms with Crippen molar-refractivity contribution in [3.8, 4) is 0 Å². The first-order valence-electron chi connectivity index (χ1n) is 4.24. The van der Waals surface area contributed by atoms with Crippen molar-refractivity contribution in [2.75, 3.05) is 18.2 Å². The molecule has 2 aliphatic rings. The van der Waals surface area contributed by atoms with Gasteiger partial charge in [0.1, 0.15) is 0 Å². The molecule has 2 rings (SSSR count). The summed E-state index contributed by atoms with van der Waals surface area (Å²) in [7, 11) is 0. The molecule has 0 aromatic heterocycles. The largest absolute Gasteiger partial charge is 0.332 e. The summed E-state index contributed by atoms with van der Waals surface area (Å²) in [4.78, 5) is 13.5. The lowest BCUT2D eigenvalue weighted by Crippen LogP contribution is -2.36. The zero-order valence-electron chi connectivity index (χ0n) is 6.58. The summed E-state index contributed by atoms with van der Waals surface area (Å²) in [5.41, 5.74) is 0. The fraction of sp³-hybridized carbons (Fsp3) is 0.875. The molecule has 1 amide bonds. The SMILES string of the molecule is O=C(C1CCC1)N1CCSC1. The van der Waals surface area contributed by atoms with Crippen LogP contribution in [0.25, 0.3) is 0 Å². The maximum Gasteiger partial charge on any atom is 0.226 e. The van der Waals surface area contributed by atoms with Crippen LogP contribution >= 0.6 is 11.8 Å². The molecule has 0 unspecified atom stereocenters. The van der Waals surface area contributed by atoms with E-state index >= 15 is 0 Å². The predicted molar refractivity (Wildman–Crippen MR) is 46.4 cm³/mol. The third-order valence-corrected chi connectivity index (χ3v) is 3.48. The minimum Gasteiger partial charge on any atom is -0.332 e. The van der Waals surface area contributed by atoms with Gasteiger partial charge in [0.2, 0.25) is 5.91 Å². The van der Waals surface area contributed by atoms with Gasteiger partial charge in [0.25, 0.3) is 0 Å². The molecular formula is C8H13NOS. The number of carbonyl (C=O) groups is 1. The third kappa shape index (κ3) is 1.39. The Morgan fingerprint density at radius 2 is 2.27 bits per heavy atom. The van der Waals surface area contributed by atoms with Gasteiger partial charge in [-0.05, 0) is 12.8 Å². The van der Waals surface area contributed by atoms with Gasteiger partial charge >= 0.3 is 0 Å². The van der Waals surface area contributed by atoms with E-state index < -0.39 is 0 Å². The second kappa shape index (κ2) is 3.05. The van der Waals surface area contributed by atoms with Gasteiger partial charge in [0, 0.05) is 18.2 Å². The molecular weight excluding hydrogens is 158 g/mol. The summed E-state index contributed by atoms with van der Waals surface area (Å²) >= 11 is 1.87. The van der Waals surface area contributed by atoms with Crippen LogP contribution < -0.4 is 0 Å². The highest BCUT2D eigenvalue weighted by atomic mass is 32.2. The minimum atomic E-state index is 0.397. The zero-order valence-corrected chi connectivity index (χ0v) is 7.40. The fourth-order valence-corrected chi connectivity index (χ4v) is 2.46. The lowest BCUT2D eigenvalue weighted by molar-refractivity contribution is -0.136. The first-order chi connectivity index (χ1) is 5.38. The first kappa shape index (κ1) is 7.47. The molecule has 1 saturated carbocycles. The van der Waals surface area contributed by atoms with Crippen molar-refractivity contribution in [1.82, 2.24) is 4.90 Å². The molecule has 1 aliphatic heterocycles. The van der Waals surface area contributed by atoms with E-state index in [-0.39, 0.29) is 0 Å². The number of hydrogen-bond acceptors (Lipinski definition) is 2. The van der Waals surface area contributed by atoms with E-state index in [4.69, 9.17) is 0 Å². The van der Waals surface area contributed by atoms with E-state index in [9.17, 15) is 4.79 Å². The quantitative estimate of drug-likeness (QED) is 0.593. The molecule has 2 nitrogen and oxygen atoms in total. The Kier molecular flexibility index (Phi) is 2.07. The lowest BCUT2D eigenvalue weighted by atomic mass is 9.84. The van der Waals surface area contributed by atoms with Gasteiger partial charge in [-0.15, -0.1) is 11.8 Å². The molecule has 0 bridgehead atoms. The molecule has 62 valence electrons. The van der Waals surface area contributed by atoms with Crippen LogP contribution in [0.15, 0.2) is 0 Å². The van der Waals surface area contributed by atoms with Crippen LogP contribution in [-0.2, 0) is 4.79 Å². The Labute approximate surface area is 71.3 Å². The third-order valence-electron chi connectivity index (χ3n) is 2.52. The van der Waals surface area contributed by atoms with Crippen molar-refractivity contribution >= 4 is 17.7 Å². The lowest BCUT2D eigenvalue weighted by Gasteiger charge is -2.28. The molecule has 11 heavy (non-hydrogen) atoms. The van der Waals surface area contributed by atoms with Crippen molar-refractivity contribution in [3.63, 3.8) is 0 Å². The van der Waals surface area contributed by atoms with Crippen LogP contribution in [0.4, 0.5) is 0 Å². The summed E-state index contributed by atoms with van der Waals surface area (Å²) < 4.78 is 0. The molecule has 0 aromatic rings. The van der Waals surface area contributed by atoms with Crippen molar-refractivity contribution in [1.29, 1.82) is 0 Å². The van der Waals surface area contributed by atoms with Gasteiger partial charge in [0.15, 0.2) is 0 Å². The molecule has 0 spiro atoms. The van der Waals surface area contributed by atoms with Gasteiger partial charge < -0.3 is 4.90 Å². The first-order valence-corrected chi connectivity index (χ1v) is 5.40. The smallest absolute Gasteiger partial charge is 0.226 e. The maximum absolute atomic E-state index is 11.5. The molecule has 0 atom stereocenters. The summed E-state index contributed by atoms with van der Waals surface area (Å²) in [6, 6.07) is 0. The van der Waals surface area contributed by atoms with Crippen molar-refractivity contribution in [2.24, 2.45) is 5.92 Å². The Hall–Kier alpha value is -0.180. The van der Waals surface area contributed by atoms with Gasteiger partial charge in [-0.2, -0.15) is 0 Å². The van der Waals surface area contributed by atoms with Gasteiger partial charge in [0.05, 0.1) is 5.88 Å². The Bertz CT molecular complexity index is 161. The Morgan fingerprint density at radius 3 is 2.73 bits per heavy atom. The molecule has 1 heterocycles. The summed E-state index contributed by atoms with van der Waals surface area (Å²) in [6.45, 7) is 0.986. The monoisotopic (exact) mass is 171 g/mol. The predicted octanol–water partition coefficient (Wildman–Crippen LogP) is 1.32. The summed E-state index contributed by atoms with van der Waals surface area (Å²) in [6.07, 6.45) is 3.54. The Morgan fingerprint density at radius 1 is 1.45 bits per heavy atom. The fourth-order valence-electron chi connectivity index (χ4n) is 1.50. The molecule has 0 aromatic carbocycles.